The quantitative estimate of drug-likeness (QED) is 0.534. The number of aromatic nitrogens is 1. The highest BCUT2D eigenvalue weighted by molar-refractivity contribution is 6.29. The number of amides is 1. The third-order valence-corrected chi connectivity index (χ3v) is 2.89. The minimum Gasteiger partial charge on any atom is -0.321 e. The molecule has 1 aromatic heterocycles. The zero-order valence-electron chi connectivity index (χ0n) is 10.5. The molecule has 0 spiro atoms. The van der Waals surface area contributed by atoms with E-state index in [1.807, 2.05) is 0 Å². The van der Waals surface area contributed by atoms with E-state index >= 15 is 0 Å². The largest absolute Gasteiger partial charge is 0.321 e. The van der Waals surface area contributed by atoms with Gasteiger partial charge in [0.2, 0.25) is 0 Å². The Kier molecular flexibility index (Phi) is 3.95. The molecule has 6 nitrogen and oxygen atoms in total. The van der Waals surface area contributed by atoms with Crippen LogP contribution in [0.2, 0.25) is 5.15 Å². The normalized spacial score (nSPS) is 10.1. The first kappa shape index (κ1) is 14.0. The van der Waals surface area contributed by atoms with E-state index in [-0.39, 0.29) is 10.8 Å². The van der Waals surface area contributed by atoms with Crippen molar-refractivity contribution in [2.45, 2.75) is 6.92 Å². The number of nitrogens with one attached hydrogen (secondary N) is 1. The molecule has 1 aromatic carbocycles. The van der Waals surface area contributed by atoms with Gasteiger partial charge in [-0.3, -0.25) is 14.9 Å². The maximum atomic E-state index is 12.0. The van der Waals surface area contributed by atoms with Crippen molar-refractivity contribution < 1.29 is 9.72 Å². The maximum Gasteiger partial charge on any atom is 0.271 e. The van der Waals surface area contributed by atoms with Gasteiger partial charge in [0, 0.05) is 18.3 Å². The molecule has 102 valence electrons. The summed E-state index contributed by atoms with van der Waals surface area (Å²) in [6.45, 7) is 1.75. The van der Waals surface area contributed by atoms with E-state index in [2.05, 4.69) is 10.3 Å². The summed E-state index contributed by atoms with van der Waals surface area (Å²) >= 11 is 5.64. The number of rotatable bonds is 3. The van der Waals surface area contributed by atoms with Crippen LogP contribution in [0.4, 0.5) is 11.4 Å². The Morgan fingerprint density at radius 2 is 2.10 bits per heavy atom. The number of halogens is 1. The second-order valence-electron chi connectivity index (χ2n) is 4.08. The molecular weight excluding hydrogens is 282 g/mol. The number of nitrogens with zero attached hydrogens (tertiary/aromatic N) is 2. The molecule has 2 rings (SSSR count). The molecule has 1 N–H and O–H groups in total. The summed E-state index contributed by atoms with van der Waals surface area (Å²) in [7, 11) is 0. The minimum atomic E-state index is -0.515. The fourth-order valence-corrected chi connectivity index (χ4v) is 1.67. The van der Waals surface area contributed by atoms with Crippen LogP contribution in [0.15, 0.2) is 36.5 Å². The second kappa shape index (κ2) is 5.66. The standard InChI is InChI=1S/C13H10ClN3O3/c1-8-2-4-10(17(19)20)6-11(8)16-13(18)9-3-5-12(14)15-7-9/h2-7H,1H3,(H,16,18). The SMILES string of the molecule is Cc1ccc([N+](=O)[O-])cc1NC(=O)c1ccc(Cl)nc1. The number of nitro benzene ring substituents is 1. The van der Waals surface area contributed by atoms with Crippen molar-refractivity contribution in [1.29, 1.82) is 0 Å². The van der Waals surface area contributed by atoms with Crippen LogP contribution in [0.25, 0.3) is 0 Å². The summed E-state index contributed by atoms with van der Waals surface area (Å²) in [4.78, 5) is 26.0. The monoisotopic (exact) mass is 291 g/mol. The number of anilines is 1. The molecule has 1 heterocycles. The zero-order chi connectivity index (χ0) is 14.7. The van der Waals surface area contributed by atoms with Crippen molar-refractivity contribution in [2.75, 3.05) is 5.32 Å². The molecule has 0 aliphatic carbocycles. The molecule has 1 amide bonds. The number of pyridine rings is 1. The third kappa shape index (κ3) is 3.10. The Morgan fingerprint density at radius 1 is 1.35 bits per heavy atom. The molecule has 0 fully saturated rings. The predicted molar refractivity (Wildman–Crippen MR) is 75.0 cm³/mol. The molecule has 0 atom stereocenters. The van der Waals surface area contributed by atoms with Crippen molar-refractivity contribution in [2.24, 2.45) is 0 Å². The topological polar surface area (TPSA) is 85.1 Å². The van der Waals surface area contributed by atoms with Crippen molar-refractivity contribution in [3.05, 3.63) is 62.9 Å². The number of carbonyl (C=O) groups is 1. The van der Waals surface area contributed by atoms with Crippen molar-refractivity contribution in [3.63, 3.8) is 0 Å². The van der Waals surface area contributed by atoms with Gasteiger partial charge in [-0.05, 0) is 24.6 Å². The average molecular weight is 292 g/mol. The molecule has 7 heteroatoms. The van der Waals surface area contributed by atoms with Crippen LogP contribution in [-0.2, 0) is 0 Å². The van der Waals surface area contributed by atoms with Gasteiger partial charge in [-0.25, -0.2) is 4.98 Å². The Morgan fingerprint density at radius 3 is 2.70 bits per heavy atom. The molecule has 0 saturated carbocycles. The molecule has 0 aliphatic rings. The fraction of sp³-hybridized carbons (Fsp3) is 0.0769. The fourth-order valence-electron chi connectivity index (χ4n) is 1.56. The van der Waals surface area contributed by atoms with E-state index in [1.165, 1.54) is 30.5 Å². The Hall–Kier alpha value is -2.47. The van der Waals surface area contributed by atoms with Gasteiger partial charge >= 0.3 is 0 Å². The number of nitro groups is 1. The molecule has 0 saturated heterocycles. The predicted octanol–water partition coefficient (Wildman–Crippen LogP) is 3.20. The molecule has 0 unspecified atom stereocenters. The van der Waals surface area contributed by atoms with E-state index in [1.54, 1.807) is 13.0 Å². The van der Waals surface area contributed by atoms with E-state index in [9.17, 15) is 14.9 Å². The summed E-state index contributed by atoms with van der Waals surface area (Å²) in [5.41, 5.74) is 1.35. The number of non-ortho nitro benzene ring substituents is 1. The van der Waals surface area contributed by atoms with Crippen molar-refractivity contribution in [1.82, 2.24) is 4.98 Å². The number of benzene rings is 1. The Bertz CT molecular complexity index is 671. The van der Waals surface area contributed by atoms with Crippen molar-refractivity contribution in [3.8, 4) is 0 Å². The van der Waals surface area contributed by atoms with Gasteiger partial charge < -0.3 is 5.32 Å². The third-order valence-electron chi connectivity index (χ3n) is 2.67. The lowest BCUT2D eigenvalue weighted by molar-refractivity contribution is -0.384. The second-order valence-corrected chi connectivity index (χ2v) is 4.47. The van der Waals surface area contributed by atoms with E-state index < -0.39 is 10.8 Å². The Labute approximate surface area is 119 Å². The van der Waals surface area contributed by atoms with E-state index in [4.69, 9.17) is 11.6 Å². The van der Waals surface area contributed by atoms with Gasteiger partial charge in [0.25, 0.3) is 11.6 Å². The van der Waals surface area contributed by atoms with Crippen LogP contribution >= 0.6 is 11.6 Å². The Balaban J connectivity index is 2.25. The lowest BCUT2D eigenvalue weighted by Gasteiger charge is -2.08. The number of hydrogen-bond donors (Lipinski definition) is 1. The molecule has 0 radical (unpaired) electrons. The maximum absolute atomic E-state index is 12.0. The average Bonchev–Trinajstić information content (AvgIpc) is 2.41. The summed E-state index contributed by atoms with van der Waals surface area (Å²) in [5.74, 6) is -0.405. The molecule has 20 heavy (non-hydrogen) atoms. The summed E-state index contributed by atoms with van der Waals surface area (Å²) in [6, 6.07) is 7.30. The smallest absolute Gasteiger partial charge is 0.271 e. The first-order valence-electron chi connectivity index (χ1n) is 5.65. The zero-order valence-corrected chi connectivity index (χ0v) is 11.2. The van der Waals surface area contributed by atoms with E-state index in [0.717, 1.165) is 5.56 Å². The highest BCUT2D eigenvalue weighted by Gasteiger charge is 2.12. The van der Waals surface area contributed by atoms with Crippen LogP contribution in [0.3, 0.4) is 0 Å². The number of hydrogen-bond acceptors (Lipinski definition) is 4. The van der Waals surface area contributed by atoms with Crippen molar-refractivity contribution >= 4 is 28.9 Å². The molecular formula is C13H10ClN3O3. The van der Waals surface area contributed by atoms with Crippen LogP contribution in [0.1, 0.15) is 15.9 Å². The van der Waals surface area contributed by atoms with Gasteiger partial charge in [-0.15, -0.1) is 0 Å². The van der Waals surface area contributed by atoms with Gasteiger partial charge in [0.1, 0.15) is 5.15 Å². The van der Waals surface area contributed by atoms with Gasteiger partial charge in [0.05, 0.1) is 16.2 Å². The van der Waals surface area contributed by atoms with Crippen LogP contribution in [0, 0.1) is 17.0 Å². The van der Waals surface area contributed by atoms with E-state index in [0.29, 0.717) is 11.3 Å². The highest BCUT2D eigenvalue weighted by atomic mass is 35.5. The minimum absolute atomic E-state index is 0.0832. The summed E-state index contributed by atoms with van der Waals surface area (Å²) in [5, 5.41) is 13.6. The molecule has 0 aliphatic heterocycles. The van der Waals surface area contributed by atoms with Gasteiger partial charge in [-0.1, -0.05) is 17.7 Å². The lowest BCUT2D eigenvalue weighted by Crippen LogP contribution is -2.13. The lowest BCUT2D eigenvalue weighted by atomic mass is 10.1. The van der Waals surface area contributed by atoms with Crippen LogP contribution < -0.4 is 5.32 Å². The number of aryl methyl sites for hydroxylation is 1. The first-order chi connectivity index (χ1) is 9.47. The number of carbonyl (C=O) groups excluding carboxylic acids is 1. The van der Waals surface area contributed by atoms with Gasteiger partial charge in [-0.2, -0.15) is 0 Å². The van der Waals surface area contributed by atoms with Crippen LogP contribution in [0.5, 0.6) is 0 Å². The van der Waals surface area contributed by atoms with Crippen LogP contribution in [-0.4, -0.2) is 15.8 Å². The highest BCUT2D eigenvalue weighted by Crippen LogP contribution is 2.22. The van der Waals surface area contributed by atoms with Gasteiger partial charge in [0.15, 0.2) is 0 Å². The molecule has 2 aromatic rings. The first-order valence-corrected chi connectivity index (χ1v) is 6.03. The molecule has 0 bridgehead atoms. The summed E-state index contributed by atoms with van der Waals surface area (Å²) in [6.07, 6.45) is 1.34. The summed E-state index contributed by atoms with van der Waals surface area (Å²) < 4.78 is 0.